The molecule has 0 amide bonds. The van der Waals surface area contributed by atoms with Gasteiger partial charge in [-0.1, -0.05) is 74.9 Å². The summed E-state index contributed by atoms with van der Waals surface area (Å²) in [5.74, 6) is 1.33. The van der Waals surface area contributed by atoms with Gasteiger partial charge < -0.3 is 10.4 Å². The fourth-order valence-electron chi connectivity index (χ4n) is 4.04. The maximum atomic E-state index is 10.5. The molecule has 2 N–H and O–H groups in total. The zero-order chi connectivity index (χ0) is 17.6. The predicted octanol–water partition coefficient (Wildman–Crippen LogP) is 4.53. The van der Waals surface area contributed by atoms with Gasteiger partial charge in [0.1, 0.15) is 0 Å². The highest BCUT2D eigenvalue weighted by Gasteiger charge is 2.30. The van der Waals surface area contributed by atoms with E-state index in [0.717, 1.165) is 25.3 Å². The number of nitrogens with one attached hydrogen (secondary N) is 1. The fraction of sp³-hybridized carbons (Fsp3) is 0.478. The number of fused-ring (bicyclic) bond motifs is 1. The average Bonchev–Trinajstić information content (AvgIpc) is 2.95. The molecule has 4 atom stereocenters. The molecule has 0 bridgehead atoms. The van der Waals surface area contributed by atoms with Crippen molar-refractivity contribution in [1.82, 2.24) is 5.32 Å². The standard InChI is InChI=1S/C23H31NO/c1-3-17(2)13-19(14-18-9-5-4-6-10-18)16-24-23-21-12-8-7-11-20(21)15-22(23)25/h4-12,17,19,22-25H,3,13-16H2,1-2H3/t17-,19+,22-,23+/m1/s1. The summed E-state index contributed by atoms with van der Waals surface area (Å²) >= 11 is 0. The third-order valence-electron chi connectivity index (χ3n) is 5.63. The summed E-state index contributed by atoms with van der Waals surface area (Å²) < 4.78 is 0. The Morgan fingerprint density at radius 3 is 2.56 bits per heavy atom. The Kier molecular flexibility index (Phi) is 6.28. The van der Waals surface area contributed by atoms with E-state index < -0.39 is 0 Å². The first-order valence-electron chi connectivity index (χ1n) is 9.70. The first-order valence-corrected chi connectivity index (χ1v) is 9.70. The number of benzene rings is 2. The molecule has 3 rings (SSSR count). The van der Waals surface area contributed by atoms with Gasteiger partial charge >= 0.3 is 0 Å². The molecule has 0 aliphatic heterocycles. The lowest BCUT2D eigenvalue weighted by molar-refractivity contribution is 0.137. The van der Waals surface area contributed by atoms with E-state index in [2.05, 4.69) is 73.8 Å². The van der Waals surface area contributed by atoms with Crippen LogP contribution in [-0.4, -0.2) is 17.8 Å². The van der Waals surface area contributed by atoms with Crippen LogP contribution in [0, 0.1) is 11.8 Å². The normalized spacial score (nSPS) is 21.7. The van der Waals surface area contributed by atoms with Crippen LogP contribution < -0.4 is 5.32 Å². The van der Waals surface area contributed by atoms with Crippen molar-refractivity contribution < 1.29 is 5.11 Å². The van der Waals surface area contributed by atoms with Crippen molar-refractivity contribution in [3.63, 3.8) is 0 Å². The lowest BCUT2D eigenvalue weighted by atomic mass is 9.88. The van der Waals surface area contributed by atoms with Crippen LogP contribution in [0.5, 0.6) is 0 Å². The molecule has 0 heterocycles. The minimum absolute atomic E-state index is 0.0754. The van der Waals surface area contributed by atoms with Gasteiger partial charge in [0, 0.05) is 6.42 Å². The molecule has 0 fully saturated rings. The van der Waals surface area contributed by atoms with E-state index >= 15 is 0 Å². The molecule has 0 spiro atoms. The third-order valence-corrected chi connectivity index (χ3v) is 5.63. The largest absolute Gasteiger partial charge is 0.391 e. The molecule has 0 unspecified atom stereocenters. The molecular formula is C23H31NO. The first-order chi connectivity index (χ1) is 12.2. The van der Waals surface area contributed by atoms with Crippen molar-refractivity contribution in [2.24, 2.45) is 11.8 Å². The van der Waals surface area contributed by atoms with Crippen molar-refractivity contribution in [1.29, 1.82) is 0 Å². The van der Waals surface area contributed by atoms with E-state index in [1.807, 2.05) is 0 Å². The van der Waals surface area contributed by atoms with Crippen LogP contribution in [0.1, 0.15) is 49.4 Å². The number of aliphatic hydroxyl groups is 1. The van der Waals surface area contributed by atoms with Crippen LogP contribution >= 0.6 is 0 Å². The van der Waals surface area contributed by atoms with Crippen LogP contribution in [0.25, 0.3) is 0 Å². The summed E-state index contributed by atoms with van der Waals surface area (Å²) in [4.78, 5) is 0. The van der Waals surface area contributed by atoms with Gasteiger partial charge in [0.15, 0.2) is 0 Å². The van der Waals surface area contributed by atoms with Gasteiger partial charge in [0.05, 0.1) is 12.1 Å². The van der Waals surface area contributed by atoms with E-state index in [4.69, 9.17) is 0 Å². The van der Waals surface area contributed by atoms with Crippen LogP contribution in [0.3, 0.4) is 0 Å². The second kappa shape index (κ2) is 8.64. The van der Waals surface area contributed by atoms with Gasteiger partial charge in [-0.25, -0.2) is 0 Å². The maximum Gasteiger partial charge on any atom is 0.0775 e. The second-order valence-corrected chi connectivity index (χ2v) is 7.66. The minimum Gasteiger partial charge on any atom is -0.391 e. The average molecular weight is 338 g/mol. The van der Waals surface area contributed by atoms with Crippen LogP contribution in [-0.2, 0) is 12.8 Å². The Hall–Kier alpha value is -1.64. The third kappa shape index (κ3) is 4.71. The van der Waals surface area contributed by atoms with E-state index in [1.165, 1.54) is 29.5 Å². The summed E-state index contributed by atoms with van der Waals surface area (Å²) in [6.07, 6.45) is 4.01. The SMILES string of the molecule is CC[C@@H](C)C[C@H](CN[C@H]1c2ccccc2C[C@H]1O)Cc1ccccc1. The van der Waals surface area contributed by atoms with E-state index in [0.29, 0.717) is 5.92 Å². The van der Waals surface area contributed by atoms with Crippen LogP contribution in [0.4, 0.5) is 0 Å². The molecule has 0 radical (unpaired) electrons. The van der Waals surface area contributed by atoms with Gasteiger partial charge in [-0.05, 0) is 47.9 Å². The fourth-order valence-corrected chi connectivity index (χ4v) is 4.04. The van der Waals surface area contributed by atoms with E-state index in [-0.39, 0.29) is 12.1 Å². The molecule has 25 heavy (non-hydrogen) atoms. The van der Waals surface area contributed by atoms with Crippen LogP contribution in [0.15, 0.2) is 54.6 Å². The zero-order valence-corrected chi connectivity index (χ0v) is 15.5. The molecule has 0 aromatic heterocycles. The minimum atomic E-state index is -0.307. The molecule has 2 nitrogen and oxygen atoms in total. The zero-order valence-electron chi connectivity index (χ0n) is 15.5. The topological polar surface area (TPSA) is 32.3 Å². The van der Waals surface area contributed by atoms with Gasteiger partial charge in [-0.3, -0.25) is 0 Å². The highest BCUT2D eigenvalue weighted by molar-refractivity contribution is 5.36. The van der Waals surface area contributed by atoms with Gasteiger partial charge in [0.25, 0.3) is 0 Å². The van der Waals surface area contributed by atoms with Crippen molar-refractivity contribution in [2.75, 3.05) is 6.54 Å². The second-order valence-electron chi connectivity index (χ2n) is 7.66. The molecule has 1 aliphatic rings. The number of rotatable bonds is 8. The molecule has 2 aromatic rings. The number of hydrogen-bond donors (Lipinski definition) is 2. The van der Waals surface area contributed by atoms with Crippen molar-refractivity contribution >= 4 is 0 Å². The van der Waals surface area contributed by atoms with Crippen LogP contribution in [0.2, 0.25) is 0 Å². The highest BCUT2D eigenvalue weighted by atomic mass is 16.3. The molecule has 2 aromatic carbocycles. The van der Waals surface area contributed by atoms with Crippen molar-refractivity contribution in [2.45, 2.75) is 51.7 Å². The summed E-state index contributed by atoms with van der Waals surface area (Å²) in [6, 6.07) is 19.3. The molecule has 2 heteroatoms. The molecule has 1 aliphatic carbocycles. The molecule has 134 valence electrons. The summed E-state index contributed by atoms with van der Waals surface area (Å²) in [6.45, 7) is 5.57. The summed E-state index contributed by atoms with van der Waals surface area (Å²) in [5, 5.41) is 14.2. The highest BCUT2D eigenvalue weighted by Crippen LogP contribution is 2.31. The summed E-state index contributed by atoms with van der Waals surface area (Å²) in [5.41, 5.74) is 3.97. The Bertz CT molecular complexity index is 654. The van der Waals surface area contributed by atoms with Crippen molar-refractivity contribution in [3.05, 3.63) is 71.3 Å². The Labute approximate surface area is 152 Å². The van der Waals surface area contributed by atoms with E-state index in [1.54, 1.807) is 0 Å². The Morgan fingerprint density at radius 2 is 1.80 bits per heavy atom. The first kappa shape index (κ1) is 18.2. The van der Waals surface area contributed by atoms with E-state index in [9.17, 15) is 5.11 Å². The molecule has 0 saturated heterocycles. The molecule has 0 saturated carbocycles. The van der Waals surface area contributed by atoms with Gasteiger partial charge in [-0.2, -0.15) is 0 Å². The van der Waals surface area contributed by atoms with Gasteiger partial charge in [0.2, 0.25) is 0 Å². The predicted molar refractivity (Wildman–Crippen MR) is 105 cm³/mol. The Morgan fingerprint density at radius 1 is 1.08 bits per heavy atom. The van der Waals surface area contributed by atoms with Gasteiger partial charge in [-0.15, -0.1) is 0 Å². The molecular weight excluding hydrogens is 306 g/mol. The number of hydrogen-bond acceptors (Lipinski definition) is 2. The van der Waals surface area contributed by atoms with Crippen molar-refractivity contribution in [3.8, 4) is 0 Å². The smallest absolute Gasteiger partial charge is 0.0775 e. The maximum absolute atomic E-state index is 10.5. The monoisotopic (exact) mass is 337 g/mol. The number of aliphatic hydroxyl groups excluding tert-OH is 1. The quantitative estimate of drug-likeness (QED) is 0.742. The Balaban J connectivity index is 1.66. The summed E-state index contributed by atoms with van der Waals surface area (Å²) in [7, 11) is 0. The lowest BCUT2D eigenvalue weighted by Crippen LogP contribution is -2.34. The lowest BCUT2D eigenvalue weighted by Gasteiger charge is -2.25.